The Labute approximate surface area is 153 Å². The van der Waals surface area contributed by atoms with Gasteiger partial charge in [0, 0.05) is 24.5 Å². The molecule has 3 aromatic rings. The van der Waals surface area contributed by atoms with E-state index in [0.29, 0.717) is 22.6 Å². The molecule has 0 bridgehead atoms. The van der Waals surface area contributed by atoms with E-state index >= 15 is 0 Å². The number of aromatic nitrogens is 2. The summed E-state index contributed by atoms with van der Waals surface area (Å²) in [5, 5.41) is 17.4. The third kappa shape index (κ3) is 4.32. The average molecular weight is 370 g/mol. The van der Waals surface area contributed by atoms with E-state index in [-0.39, 0.29) is 36.1 Å². The predicted molar refractivity (Wildman–Crippen MR) is 94.5 cm³/mol. The van der Waals surface area contributed by atoms with Gasteiger partial charge in [0.05, 0.1) is 16.2 Å². The van der Waals surface area contributed by atoms with Crippen LogP contribution in [0.1, 0.15) is 17.9 Å². The fourth-order valence-corrected chi connectivity index (χ4v) is 2.46. The molecule has 1 heterocycles. The van der Waals surface area contributed by atoms with Gasteiger partial charge in [-0.1, -0.05) is 11.2 Å². The van der Waals surface area contributed by atoms with Crippen LogP contribution in [0.15, 0.2) is 47.0 Å². The zero-order valence-electron chi connectivity index (χ0n) is 14.3. The van der Waals surface area contributed by atoms with Crippen LogP contribution in [0.25, 0.3) is 11.4 Å². The van der Waals surface area contributed by atoms with Crippen molar-refractivity contribution in [3.63, 3.8) is 0 Å². The van der Waals surface area contributed by atoms with Crippen LogP contribution in [0.2, 0.25) is 0 Å². The Morgan fingerprint density at radius 2 is 2.00 bits per heavy atom. The number of amides is 1. The molecule has 0 aliphatic carbocycles. The topological polar surface area (TPSA) is 111 Å². The predicted octanol–water partition coefficient (Wildman–Crippen LogP) is 3.66. The van der Waals surface area contributed by atoms with Crippen molar-refractivity contribution in [2.45, 2.75) is 19.8 Å². The minimum atomic E-state index is -0.500. The summed E-state index contributed by atoms with van der Waals surface area (Å²) in [5.74, 6) is -0.129. The number of benzene rings is 2. The van der Waals surface area contributed by atoms with E-state index in [1.54, 1.807) is 13.0 Å². The molecule has 8 nitrogen and oxygen atoms in total. The Kier molecular flexibility index (Phi) is 5.20. The summed E-state index contributed by atoms with van der Waals surface area (Å²) in [6.45, 7) is 1.57. The molecule has 1 amide bonds. The normalized spacial score (nSPS) is 10.6. The van der Waals surface area contributed by atoms with Crippen LogP contribution in [0.5, 0.6) is 0 Å². The zero-order valence-corrected chi connectivity index (χ0v) is 14.3. The molecule has 0 atom stereocenters. The van der Waals surface area contributed by atoms with Crippen LogP contribution < -0.4 is 5.32 Å². The second-order valence-corrected chi connectivity index (χ2v) is 5.77. The van der Waals surface area contributed by atoms with Crippen molar-refractivity contribution in [1.29, 1.82) is 0 Å². The van der Waals surface area contributed by atoms with Gasteiger partial charge < -0.3 is 9.84 Å². The maximum atomic E-state index is 12.9. The fraction of sp³-hybridized carbons (Fsp3) is 0.167. The smallest absolute Gasteiger partial charge is 0.274 e. The first-order valence-corrected chi connectivity index (χ1v) is 8.06. The minimum Gasteiger partial charge on any atom is -0.339 e. The van der Waals surface area contributed by atoms with Gasteiger partial charge in [-0.05, 0) is 37.3 Å². The van der Waals surface area contributed by atoms with E-state index in [9.17, 15) is 19.3 Å². The summed E-state index contributed by atoms with van der Waals surface area (Å²) < 4.78 is 18.0. The molecule has 1 aromatic heterocycles. The summed E-state index contributed by atoms with van der Waals surface area (Å²) in [6, 6.07) is 10.1. The van der Waals surface area contributed by atoms with Crippen molar-refractivity contribution in [1.82, 2.24) is 10.1 Å². The Morgan fingerprint density at radius 3 is 2.70 bits per heavy atom. The highest BCUT2D eigenvalue weighted by molar-refractivity contribution is 5.92. The van der Waals surface area contributed by atoms with Crippen molar-refractivity contribution in [2.75, 3.05) is 5.32 Å². The van der Waals surface area contributed by atoms with Gasteiger partial charge >= 0.3 is 0 Å². The van der Waals surface area contributed by atoms with Gasteiger partial charge in [-0.25, -0.2) is 4.39 Å². The molecule has 0 aliphatic heterocycles. The maximum absolute atomic E-state index is 12.9. The van der Waals surface area contributed by atoms with Crippen LogP contribution >= 0.6 is 0 Å². The molecule has 0 saturated heterocycles. The first-order valence-electron chi connectivity index (χ1n) is 8.06. The molecule has 0 fully saturated rings. The van der Waals surface area contributed by atoms with E-state index in [2.05, 4.69) is 15.5 Å². The van der Waals surface area contributed by atoms with Gasteiger partial charge in [-0.2, -0.15) is 4.98 Å². The largest absolute Gasteiger partial charge is 0.339 e. The quantitative estimate of drug-likeness (QED) is 0.523. The van der Waals surface area contributed by atoms with E-state index in [1.807, 2.05) is 0 Å². The molecule has 0 unspecified atom stereocenters. The summed E-state index contributed by atoms with van der Waals surface area (Å²) >= 11 is 0. The SMILES string of the molecule is Cc1c(NC(=O)CCc2nc(-c3ccc(F)cc3)no2)cccc1[N+](=O)[O-]. The lowest BCUT2D eigenvalue weighted by Gasteiger charge is -2.07. The maximum Gasteiger partial charge on any atom is 0.274 e. The van der Waals surface area contributed by atoms with Gasteiger partial charge in [-0.15, -0.1) is 0 Å². The standard InChI is InChI=1S/C18H15FN4O4/c1-11-14(3-2-4-15(11)23(25)26)20-16(24)9-10-17-21-18(22-27-17)12-5-7-13(19)8-6-12/h2-8H,9-10H2,1H3,(H,20,24). The van der Waals surface area contributed by atoms with Crippen molar-refractivity contribution < 1.29 is 18.6 Å². The lowest BCUT2D eigenvalue weighted by molar-refractivity contribution is -0.385. The second kappa shape index (κ2) is 7.73. The van der Waals surface area contributed by atoms with Crippen LogP contribution in [0.4, 0.5) is 15.8 Å². The number of hydrogen-bond acceptors (Lipinski definition) is 6. The number of hydrogen-bond donors (Lipinski definition) is 1. The Bertz CT molecular complexity index is 985. The molecule has 138 valence electrons. The highest BCUT2D eigenvalue weighted by Gasteiger charge is 2.16. The Morgan fingerprint density at radius 1 is 1.26 bits per heavy atom. The molecule has 0 saturated carbocycles. The average Bonchev–Trinajstić information content (AvgIpc) is 3.11. The molecule has 1 N–H and O–H groups in total. The molecule has 2 aromatic carbocycles. The lowest BCUT2D eigenvalue weighted by atomic mass is 10.1. The number of nitro groups is 1. The van der Waals surface area contributed by atoms with Gasteiger partial charge in [0.2, 0.25) is 17.6 Å². The molecule has 0 radical (unpaired) electrons. The van der Waals surface area contributed by atoms with Crippen molar-refractivity contribution in [3.8, 4) is 11.4 Å². The van der Waals surface area contributed by atoms with E-state index in [0.717, 1.165) is 0 Å². The first-order chi connectivity index (χ1) is 12.9. The molecule has 0 aliphatic rings. The Hall–Kier alpha value is -3.62. The molecular weight excluding hydrogens is 355 g/mol. The highest BCUT2D eigenvalue weighted by Crippen LogP contribution is 2.25. The number of carbonyl (C=O) groups is 1. The molecule has 0 spiro atoms. The second-order valence-electron chi connectivity index (χ2n) is 5.77. The first kappa shape index (κ1) is 18.2. The van der Waals surface area contributed by atoms with Gasteiger partial charge in [0.1, 0.15) is 5.82 Å². The number of aryl methyl sites for hydroxylation is 1. The Balaban J connectivity index is 1.61. The van der Waals surface area contributed by atoms with Gasteiger partial charge in [0.25, 0.3) is 5.69 Å². The van der Waals surface area contributed by atoms with Crippen LogP contribution in [0.3, 0.4) is 0 Å². The summed E-state index contributed by atoms with van der Waals surface area (Å²) in [5.41, 5.74) is 1.30. The number of nitrogens with zero attached hydrogens (tertiary/aromatic N) is 3. The number of carbonyl (C=O) groups excluding carboxylic acids is 1. The van der Waals surface area contributed by atoms with Crippen molar-refractivity contribution in [3.05, 3.63) is 69.9 Å². The number of anilines is 1. The van der Waals surface area contributed by atoms with Gasteiger partial charge in [0.15, 0.2) is 0 Å². The van der Waals surface area contributed by atoms with E-state index < -0.39 is 4.92 Å². The number of nitro benzene ring substituents is 1. The number of halogens is 1. The molecule has 3 rings (SSSR count). The third-order valence-corrected chi connectivity index (χ3v) is 3.91. The highest BCUT2D eigenvalue weighted by atomic mass is 19.1. The zero-order chi connectivity index (χ0) is 19.4. The minimum absolute atomic E-state index is 0.0614. The lowest BCUT2D eigenvalue weighted by Crippen LogP contribution is -2.13. The number of nitrogens with one attached hydrogen (secondary N) is 1. The third-order valence-electron chi connectivity index (χ3n) is 3.91. The van der Waals surface area contributed by atoms with E-state index in [4.69, 9.17) is 4.52 Å². The molecule has 9 heteroatoms. The summed E-state index contributed by atoms with van der Waals surface area (Å²) in [4.78, 5) is 26.7. The van der Waals surface area contributed by atoms with Gasteiger partial charge in [-0.3, -0.25) is 14.9 Å². The fourth-order valence-electron chi connectivity index (χ4n) is 2.46. The molecular formula is C18H15FN4O4. The van der Waals surface area contributed by atoms with Crippen molar-refractivity contribution in [2.24, 2.45) is 0 Å². The number of rotatable bonds is 6. The molecule has 27 heavy (non-hydrogen) atoms. The van der Waals surface area contributed by atoms with Crippen LogP contribution in [-0.2, 0) is 11.2 Å². The van der Waals surface area contributed by atoms with Crippen LogP contribution in [-0.4, -0.2) is 21.0 Å². The van der Waals surface area contributed by atoms with E-state index in [1.165, 1.54) is 36.4 Å². The summed E-state index contributed by atoms with van der Waals surface area (Å²) in [7, 11) is 0. The monoisotopic (exact) mass is 370 g/mol. The van der Waals surface area contributed by atoms with Crippen LogP contribution in [0, 0.1) is 22.9 Å². The summed E-state index contributed by atoms with van der Waals surface area (Å²) in [6.07, 6.45) is 0.265. The van der Waals surface area contributed by atoms with Crippen molar-refractivity contribution >= 4 is 17.3 Å².